The van der Waals surface area contributed by atoms with Gasteiger partial charge in [0.1, 0.15) is 0 Å². The van der Waals surface area contributed by atoms with Crippen molar-refractivity contribution in [2.24, 2.45) is 0 Å². The highest BCUT2D eigenvalue weighted by molar-refractivity contribution is 6.35. The van der Waals surface area contributed by atoms with Gasteiger partial charge in [-0.25, -0.2) is 14.6 Å². The molecule has 134 valence electrons. The van der Waals surface area contributed by atoms with E-state index in [1.807, 2.05) is 0 Å². The number of fused-ring (bicyclic) bond motifs is 1. The Labute approximate surface area is 157 Å². The summed E-state index contributed by atoms with van der Waals surface area (Å²) >= 11 is 12.3. The van der Waals surface area contributed by atoms with Gasteiger partial charge in [-0.2, -0.15) is 0 Å². The van der Waals surface area contributed by atoms with Crippen LogP contribution in [0.3, 0.4) is 0 Å². The van der Waals surface area contributed by atoms with E-state index in [9.17, 15) is 14.4 Å². The minimum Gasteiger partial charge on any atom is -0.465 e. The number of H-pyrrole nitrogens is 1. The molecule has 9 heteroatoms. The number of benzene rings is 1. The van der Waals surface area contributed by atoms with Crippen molar-refractivity contribution in [3.05, 3.63) is 60.7 Å². The molecule has 3 aromatic rings. The van der Waals surface area contributed by atoms with Gasteiger partial charge < -0.3 is 4.74 Å². The van der Waals surface area contributed by atoms with E-state index in [1.165, 1.54) is 17.7 Å². The number of aryl methyl sites for hydroxylation is 1. The summed E-state index contributed by atoms with van der Waals surface area (Å²) < 4.78 is 6.04. The van der Waals surface area contributed by atoms with E-state index in [2.05, 4.69) is 9.97 Å². The molecule has 0 atom stereocenters. The maximum absolute atomic E-state index is 12.3. The first-order valence-electron chi connectivity index (χ1n) is 7.59. The third-order valence-corrected chi connectivity index (χ3v) is 4.44. The van der Waals surface area contributed by atoms with Crippen molar-refractivity contribution in [2.45, 2.75) is 13.5 Å². The molecule has 26 heavy (non-hydrogen) atoms. The van der Waals surface area contributed by atoms with Crippen molar-refractivity contribution in [3.8, 4) is 11.3 Å². The van der Waals surface area contributed by atoms with Crippen LogP contribution in [0.5, 0.6) is 0 Å². The molecule has 0 aliphatic heterocycles. The van der Waals surface area contributed by atoms with Gasteiger partial charge in [0, 0.05) is 17.1 Å². The lowest BCUT2D eigenvalue weighted by Gasteiger charge is -2.12. The zero-order chi connectivity index (χ0) is 19.0. The first kappa shape index (κ1) is 18.2. The molecule has 0 bridgehead atoms. The van der Waals surface area contributed by atoms with E-state index >= 15 is 0 Å². The van der Waals surface area contributed by atoms with Crippen molar-refractivity contribution < 1.29 is 9.53 Å². The zero-order valence-electron chi connectivity index (χ0n) is 13.8. The van der Waals surface area contributed by atoms with Gasteiger partial charge in [0.25, 0.3) is 5.56 Å². The standard InChI is InChI=1S/C17H13Cl2N3O4/c1-3-22-14-13(15(23)21-17(22)25)10(16(24)26-2)7-12(20-14)9-6-8(18)4-5-11(9)19/h4-7H,3H2,1-2H3,(H,21,23,25). The Bertz CT molecular complexity index is 1150. The molecule has 1 aromatic carbocycles. The van der Waals surface area contributed by atoms with Crippen molar-refractivity contribution in [2.75, 3.05) is 7.11 Å². The quantitative estimate of drug-likeness (QED) is 0.690. The molecule has 0 unspecified atom stereocenters. The van der Waals surface area contributed by atoms with Gasteiger partial charge >= 0.3 is 11.7 Å². The topological polar surface area (TPSA) is 94.1 Å². The van der Waals surface area contributed by atoms with Crippen molar-refractivity contribution in [1.82, 2.24) is 14.5 Å². The van der Waals surface area contributed by atoms with Gasteiger partial charge in [-0.15, -0.1) is 0 Å². The summed E-state index contributed by atoms with van der Waals surface area (Å²) in [4.78, 5) is 43.3. The number of carbonyl (C=O) groups is 1. The Morgan fingerprint density at radius 1 is 1.27 bits per heavy atom. The number of esters is 1. The Morgan fingerprint density at radius 3 is 2.65 bits per heavy atom. The van der Waals surface area contributed by atoms with Crippen LogP contribution in [0.1, 0.15) is 17.3 Å². The maximum Gasteiger partial charge on any atom is 0.338 e. The van der Waals surface area contributed by atoms with Crippen LogP contribution in [0.4, 0.5) is 0 Å². The van der Waals surface area contributed by atoms with E-state index in [1.54, 1.807) is 25.1 Å². The van der Waals surface area contributed by atoms with E-state index in [0.29, 0.717) is 15.6 Å². The molecule has 7 nitrogen and oxygen atoms in total. The maximum atomic E-state index is 12.3. The number of pyridine rings is 1. The summed E-state index contributed by atoms with van der Waals surface area (Å²) in [7, 11) is 1.20. The van der Waals surface area contributed by atoms with Gasteiger partial charge in [0.15, 0.2) is 5.65 Å². The highest BCUT2D eigenvalue weighted by Crippen LogP contribution is 2.31. The molecule has 0 radical (unpaired) electrons. The van der Waals surface area contributed by atoms with Crippen molar-refractivity contribution in [1.29, 1.82) is 0 Å². The molecule has 0 spiro atoms. The predicted molar refractivity (Wildman–Crippen MR) is 99.1 cm³/mol. The van der Waals surface area contributed by atoms with Gasteiger partial charge in [0.2, 0.25) is 0 Å². The van der Waals surface area contributed by atoms with E-state index in [4.69, 9.17) is 27.9 Å². The monoisotopic (exact) mass is 393 g/mol. The lowest BCUT2D eigenvalue weighted by atomic mass is 10.1. The van der Waals surface area contributed by atoms with Crippen LogP contribution in [0.25, 0.3) is 22.3 Å². The highest BCUT2D eigenvalue weighted by Gasteiger charge is 2.21. The number of hydrogen-bond acceptors (Lipinski definition) is 5. The number of aromatic amines is 1. The van der Waals surface area contributed by atoms with Crippen LogP contribution in [0.2, 0.25) is 10.0 Å². The molecule has 0 aliphatic carbocycles. The molecular formula is C17H13Cl2N3O4. The fraction of sp³-hybridized carbons (Fsp3) is 0.176. The number of aromatic nitrogens is 3. The third-order valence-electron chi connectivity index (χ3n) is 3.87. The number of rotatable bonds is 3. The largest absolute Gasteiger partial charge is 0.465 e. The van der Waals surface area contributed by atoms with E-state index < -0.39 is 17.2 Å². The average molecular weight is 394 g/mol. The second kappa shape index (κ2) is 6.93. The number of nitrogens with one attached hydrogen (secondary N) is 1. The van der Waals surface area contributed by atoms with Gasteiger partial charge in [-0.05, 0) is 31.2 Å². The smallest absolute Gasteiger partial charge is 0.338 e. The number of methoxy groups -OCH3 is 1. The molecule has 1 N–H and O–H groups in total. The predicted octanol–water partition coefficient (Wildman–Crippen LogP) is 2.87. The van der Waals surface area contributed by atoms with Crippen LogP contribution in [-0.4, -0.2) is 27.6 Å². The molecule has 2 aromatic heterocycles. The molecular weight excluding hydrogens is 381 g/mol. The summed E-state index contributed by atoms with van der Waals surface area (Å²) in [6.07, 6.45) is 0. The van der Waals surface area contributed by atoms with Crippen LogP contribution < -0.4 is 11.2 Å². The number of hydrogen-bond donors (Lipinski definition) is 1. The lowest BCUT2D eigenvalue weighted by molar-refractivity contribution is 0.0603. The fourth-order valence-corrected chi connectivity index (χ4v) is 3.06. The van der Waals surface area contributed by atoms with Crippen molar-refractivity contribution in [3.63, 3.8) is 0 Å². The second-order valence-electron chi connectivity index (χ2n) is 5.37. The molecule has 0 saturated heterocycles. The average Bonchev–Trinajstić information content (AvgIpc) is 2.62. The number of ether oxygens (including phenoxy) is 1. The van der Waals surface area contributed by atoms with Gasteiger partial charge in [-0.1, -0.05) is 23.2 Å². The first-order valence-corrected chi connectivity index (χ1v) is 8.34. The summed E-state index contributed by atoms with van der Waals surface area (Å²) in [5.74, 6) is -0.733. The third kappa shape index (κ3) is 3.00. The summed E-state index contributed by atoms with van der Waals surface area (Å²) in [6.45, 7) is 1.96. The van der Waals surface area contributed by atoms with Crippen LogP contribution in [-0.2, 0) is 11.3 Å². The Kier molecular flexibility index (Phi) is 4.84. The minimum absolute atomic E-state index is 0.0213. The number of halogens is 2. The van der Waals surface area contributed by atoms with E-state index in [-0.39, 0.29) is 28.8 Å². The second-order valence-corrected chi connectivity index (χ2v) is 6.22. The van der Waals surface area contributed by atoms with Gasteiger partial charge in [-0.3, -0.25) is 14.3 Å². The van der Waals surface area contributed by atoms with E-state index in [0.717, 1.165) is 0 Å². The lowest BCUT2D eigenvalue weighted by Crippen LogP contribution is -2.31. The summed E-state index contributed by atoms with van der Waals surface area (Å²) in [5, 5.41) is 0.747. The molecule has 0 fully saturated rings. The van der Waals surface area contributed by atoms with Crippen LogP contribution >= 0.6 is 23.2 Å². The van der Waals surface area contributed by atoms with Crippen LogP contribution in [0, 0.1) is 0 Å². The zero-order valence-corrected chi connectivity index (χ0v) is 15.3. The SMILES string of the molecule is CCn1c(=O)[nH]c(=O)c2c(C(=O)OC)cc(-c3cc(Cl)ccc3Cl)nc21. The molecule has 0 saturated carbocycles. The number of carbonyl (C=O) groups excluding carboxylic acids is 1. The Balaban J connectivity index is 2.51. The Hall–Kier alpha value is -2.64. The Morgan fingerprint density at radius 2 is 2.00 bits per heavy atom. The fourth-order valence-electron chi connectivity index (χ4n) is 2.67. The first-order chi connectivity index (χ1) is 12.4. The van der Waals surface area contributed by atoms with Crippen LogP contribution in [0.15, 0.2) is 33.9 Å². The molecule has 3 rings (SSSR count). The molecule has 0 amide bonds. The molecule has 2 heterocycles. The van der Waals surface area contributed by atoms with Gasteiger partial charge in [0.05, 0.1) is 28.8 Å². The molecule has 0 aliphatic rings. The highest BCUT2D eigenvalue weighted by atomic mass is 35.5. The summed E-state index contributed by atoms with van der Waals surface area (Å²) in [5.41, 5.74) is -0.546. The van der Waals surface area contributed by atoms with Crippen molar-refractivity contribution >= 4 is 40.2 Å². The normalized spacial score (nSPS) is 10.9. The number of nitrogens with zero attached hydrogens (tertiary/aromatic N) is 2. The summed E-state index contributed by atoms with van der Waals surface area (Å²) in [6, 6.07) is 6.18. The minimum atomic E-state index is -0.733.